The summed E-state index contributed by atoms with van der Waals surface area (Å²) < 4.78 is 78.4. The number of rotatable bonds is 4. The molecule has 0 radical (unpaired) electrons. The zero-order chi connectivity index (χ0) is 35.2. The van der Waals surface area contributed by atoms with Crippen molar-refractivity contribution in [1.82, 2.24) is 10.6 Å². The van der Waals surface area contributed by atoms with Gasteiger partial charge in [0.2, 0.25) is 19.7 Å². The monoisotopic (exact) mass is 720 g/mol. The molecule has 4 aliphatic rings. The lowest BCUT2D eigenvalue weighted by Crippen LogP contribution is -2.31. The highest BCUT2D eigenvalue weighted by Crippen LogP contribution is 2.44. The number of halogens is 2. The molecule has 8 rings (SSSR count). The molecular formula is C38H42F2N4O4S2. The molecule has 264 valence electrons. The van der Waals surface area contributed by atoms with Gasteiger partial charge in [-0.3, -0.25) is 0 Å². The molecule has 4 aromatic rings. The lowest BCUT2D eigenvalue weighted by Gasteiger charge is -2.22. The third kappa shape index (κ3) is 6.66. The van der Waals surface area contributed by atoms with Crippen molar-refractivity contribution in [3.63, 3.8) is 0 Å². The largest absolute Gasteiger partial charge is 0.381 e. The highest BCUT2D eigenvalue weighted by atomic mass is 32.2. The van der Waals surface area contributed by atoms with Crippen molar-refractivity contribution >= 4 is 31.0 Å². The first kappa shape index (κ1) is 34.6. The van der Waals surface area contributed by atoms with E-state index in [4.69, 9.17) is 0 Å². The molecule has 0 saturated carbocycles. The van der Waals surface area contributed by atoms with Crippen LogP contribution in [-0.2, 0) is 19.7 Å². The highest BCUT2D eigenvalue weighted by molar-refractivity contribution is 7.91. The van der Waals surface area contributed by atoms with Crippen LogP contribution in [0.2, 0.25) is 0 Å². The van der Waals surface area contributed by atoms with E-state index in [1.807, 2.05) is 12.1 Å². The number of anilines is 2. The maximum absolute atomic E-state index is 13.5. The Balaban J connectivity index is 0.000000157. The third-order valence-corrected chi connectivity index (χ3v) is 14.0. The van der Waals surface area contributed by atoms with Gasteiger partial charge in [-0.05, 0) is 136 Å². The molecule has 12 heteroatoms. The second-order valence-corrected chi connectivity index (χ2v) is 17.8. The number of hydrogen-bond donors (Lipinski definition) is 4. The lowest BCUT2D eigenvalue weighted by molar-refractivity contribution is 0.454. The molecular weight excluding hydrogens is 679 g/mol. The molecule has 2 saturated heterocycles. The van der Waals surface area contributed by atoms with E-state index in [1.54, 1.807) is 24.3 Å². The molecule has 0 amide bonds. The Labute approximate surface area is 292 Å². The molecule has 0 aromatic heterocycles. The van der Waals surface area contributed by atoms with E-state index in [1.165, 1.54) is 36.4 Å². The van der Waals surface area contributed by atoms with E-state index in [9.17, 15) is 25.6 Å². The van der Waals surface area contributed by atoms with Crippen molar-refractivity contribution in [1.29, 1.82) is 0 Å². The van der Waals surface area contributed by atoms with Crippen LogP contribution >= 0.6 is 0 Å². The SMILES string of the molecule is CC1CNCC[C@@H]2c3cc(S(=O)(=O)c4cccc(F)c4)ccc3N[C@@H]12.CC1C[C@H]2Nc3ccc(S(=O)(=O)c4cccc(F)c4)cc3[C@H]2CCN1. The van der Waals surface area contributed by atoms with Crippen LogP contribution in [0.1, 0.15) is 56.1 Å². The Morgan fingerprint density at radius 3 is 1.78 bits per heavy atom. The quantitative estimate of drug-likeness (QED) is 0.190. The maximum atomic E-state index is 13.5. The van der Waals surface area contributed by atoms with Crippen molar-refractivity contribution in [3.8, 4) is 0 Å². The molecule has 0 bridgehead atoms. The predicted octanol–water partition coefficient (Wildman–Crippen LogP) is 6.47. The van der Waals surface area contributed by atoms with Gasteiger partial charge in [0, 0.05) is 41.3 Å². The Bertz CT molecular complexity index is 2130. The predicted molar refractivity (Wildman–Crippen MR) is 190 cm³/mol. The van der Waals surface area contributed by atoms with Crippen LogP contribution in [-0.4, -0.2) is 54.6 Å². The van der Waals surface area contributed by atoms with Gasteiger partial charge in [0.25, 0.3) is 0 Å². The van der Waals surface area contributed by atoms with Gasteiger partial charge in [-0.15, -0.1) is 0 Å². The summed E-state index contributed by atoms with van der Waals surface area (Å²) in [5, 5.41) is 14.0. The molecule has 4 aliphatic heterocycles. The molecule has 8 nitrogen and oxygen atoms in total. The topological polar surface area (TPSA) is 116 Å². The first-order chi connectivity index (χ1) is 23.9. The van der Waals surface area contributed by atoms with Gasteiger partial charge in [0.05, 0.1) is 19.6 Å². The summed E-state index contributed by atoms with van der Waals surface area (Å²) in [6.45, 7) is 7.18. The number of sulfone groups is 2. The second-order valence-electron chi connectivity index (χ2n) is 13.9. The van der Waals surface area contributed by atoms with Crippen LogP contribution in [0.15, 0.2) is 105 Å². The van der Waals surface area contributed by atoms with E-state index in [0.717, 1.165) is 73.5 Å². The third-order valence-electron chi connectivity index (χ3n) is 10.5. The van der Waals surface area contributed by atoms with Gasteiger partial charge in [0.1, 0.15) is 11.6 Å². The molecule has 0 spiro atoms. The molecule has 0 aliphatic carbocycles. The maximum Gasteiger partial charge on any atom is 0.206 e. The van der Waals surface area contributed by atoms with E-state index in [-0.39, 0.29) is 19.6 Å². The van der Waals surface area contributed by atoms with Gasteiger partial charge in [0.15, 0.2) is 0 Å². The van der Waals surface area contributed by atoms with Crippen LogP contribution in [0.5, 0.6) is 0 Å². The summed E-state index contributed by atoms with van der Waals surface area (Å²) in [6, 6.07) is 21.9. The Morgan fingerprint density at radius 1 is 0.640 bits per heavy atom. The minimum atomic E-state index is -3.73. The Kier molecular flexibility index (Phi) is 9.48. The minimum absolute atomic E-state index is 0.00823. The van der Waals surface area contributed by atoms with E-state index in [0.29, 0.717) is 35.9 Å². The minimum Gasteiger partial charge on any atom is -0.381 e. The normalized spacial score (nSPS) is 25.6. The molecule has 4 N–H and O–H groups in total. The van der Waals surface area contributed by atoms with Crippen molar-refractivity contribution in [2.24, 2.45) is 5.92 Å². The van der Waals surface area contributed by atoms with Crippen molar-refractivity contribution < 1.29 is 25.6 Å². The smallest absolute Gasteiger partial charge is 0.206 e. The Hall–Kier alpha value is -3.84. The van der Waals surface area contributed by atoms with Crippen molar-refractivity contribution in [2.75, 3.05) is 30.3 Å². The average Bonchev–Trinajstić information content (AvgIpc) is 3.49. The molecule has 6 atom stereocenters. The summed E-state index contributed by atoms with van der Waals surface area (Å²) >= 11 is 0. The van der Waals surface area contributed by atoms with Gasteiger partial charge in [-0.2, -0.15) is 0 Å². The van der Waals surface area contributed by atoms with E-state index in [2.05, 4.69) is 35.1 Å². The van der Waals surface area contributed by atoms with Crippen LogP contribution in [0, 0.1) is 17.6 Å². The van der Waals surface area contributed by atoms with Crippen LogP contribution in [0.25, 0.3) is 0 Å². The zero-order valence-corrected chi connectivity index (χ0v) is 29.6. The van der Waals surface area contributed by atoms with Crippen molar-refractivity contribution in [2.45, 2.75) is 82.7 Å². The number of nitrogens with one attached hydrogen (secondary N) is 4. The molecule has 2 fully saturated rings. The van der Waals surface area contributed by atoms with Gasteiger partial charge >= 0.3 is 0 Å². The molecule has 2 unspecified atom stereocenters. The second kappa shape index (κ2) is 13.7. The van der Waals surface area contributed by atoms with Crippen LogP contribution in [0.4, 0.5) is 20.2 Å². The van der Waals surface area contributed by atoms with E-state index < -0.39 is 31.3 Å². The lowest BCUT2D eigenvalue weighted by atomic mass is 9.87. The average molecular weight is 721 g/mol. The zero-order valence-electron chi connectivity index (χ0n) is 28.0. The molecule has 4 heterocycles. The van der Waals surface area contributed by atoms with Crippen LogP contribution in [0.3, 0.4) is 0 Å². The number of fused-ring (bicyclic) bond motifs is 6. The standard InChI is InChI=1S/2C19H21FN2O2S/c1-12-11-21-8-7-16-17-10-15(5-6-18(17)22-19(12)16)25(23,24)14-4-2-3-13(20)9-14;1-12-9-19-16(7-8-21-12)17-11-15(5-6-18(17)22-19)25(23,24)14-4-2-3-13(20)10-14/h2-6,9-10,12,16,19,21-22H,7-8,11H2,1H3;2-6,10-12,16,19,21-22H,7-9H2,1H3/t12?,16-,19+;12?,16-,19-/m11/s1. The summed E-state index contributed by atoms with van der Waals surface area (Å²) in [6.07, 6.45) is 2.95. The van der Waals surface area contributed by atoms with Gasteiger partial charge in [-0.1, -0.05) is 19.1 Å². The summed E-state index contributed by atoms with van der Waals surface area (Å²) in [4.78, 5) is 0.436. The van der Waals surface area contributed by atoms with Gasteiger partial charge < -0.3 is 21.3 Å². The number of benzene rings is 4. The highest BCUT2D eigenvalue weighted by Gasteiger charge is 2.38. The first-order valence-electron chi connectivity index (χ1n) is 17.2. The van der Waals surface area contributed by atoms with Gasteiger partial charge in [-0.25, -0.2) is 25.6 Å². The fourth-order valence-corrected chi connectivity index (χ4v) is 10.6. The summed E-state index contributed by atoms with van der Waals surface area (Å²) in [5.74, 6) is -0.0404. The Morgan fingerprint density at radius 2 is 1.18 bits per heavy atom. The first-order valence-corrected chi connectivity index (χ1v) is 20.1. The van der Waals surface area contributed by atoms with Crippen LogP contribution < -0.4 is 21.3 Å². The molecule has 50 heavy (non-hydrogen) atoms. The fraction of sp³-hybridized carbons (Fsp3) is 0.368. The number of hydrogen-bond acceptors (Lipinski definition) is 8. The van der Waals surface area contributed by atoms with E-state index >= 15 is 0 Å². The summed E-state index contributed by atoms with van der Waals surface area (Å²) in [7, 11) is -7.45. The fourth-order valence-electron chi connectivity index (χ4n) is 7.94. The molecule has 4 aromatic carbocycles. The van der Waals surface area contributed by atoms with Crippen molar-refractivity contribution in [3.05, 3.63) is 108 Å². The summed E-state index contributed by atoms with van der Waals surface area (Å²) in [5.41, 5.74) is 4.14.